The zero-order chi connectivity index (χ0) is 16.4. The van der Waals surface area contributed by atoms with Gasteiger partial charge in [0.05, 0.1) is 6.54 Å². The standard InChI is InChI=1S/C17H21FN2O3/c18-13-8-15(17(19)22)20(9-13)16(21)10-23-14-6-5-11-3-1-2-4-12(11)7-14/h5-7,13,15H,1-4,8-10H2,(H2,19,22)/t13-,15+/m1/s1. The molecule has 0 radical (unpaired) electrons. The van der Waals surface area contributed by atoms with E-state index >= 15 is 0 Å². The summed E-state index contributed by atoms with van der Waals surface area (Å²) in [5.74, 6) is -0.454. The first-order chi connectivity index (χ1) is 11.0. The summed E-state index contributed by atoms with van der Waals surface area (Å²) in [6.45, 7) is -0.310. The highest BCUT2D eigenvalue weighted by Crippen LogP contribution is 2.26. The average Bonchev–Trinajstić information content (AvgIpc) is 2.95. The molecule has 2 N–H and O–H groups in total. The highest BCUT2D eigenvalue weighted by atomic mass is 19.1. The monoisotopic (exact) mass is 320 g/mol. The van der Waals surface area contributed by atoms with Gasteiger partial charge in [-0.1, -0.05) is 6.07 Å². The van der Waals surface area contributed by atoms with Crippen LogP contribution in [0.2, 0.25) is 0 Å². The largest absolute Gasteiger partial charge is 0.484 e. The Morgan fingerprint density at radius 2 is 2.00 bits per heavy atom. The summed E-state index contributed by atoms with van der Waals surface area (Å²) < 4.78 is 19.0. The Bertz CT molecular complexity index is 620. The molecular weight excluding hydrogens is 299 g/mol. The summed E-state index contributed by atoms with van der Waals surface area (Å²) in [4.78, 5) is 24.7. The van der Waals surface area contributed by atoms with Gasteiger partial charge in [0.15, 0.2) is 6.61 Å². The lowest BCUT2D eigenvalue weighted by molar-refractivity contribution is -0.139. The normalized spacial score (nSPS) is 23.4. The third kappa shape index (κ3) is 3.46. The molecule has 2 amide bonds. The van der Waals surface area contributed by atoms with Gasteiger partial charge in [0.1, 0.15) is 18.0 Å². The van der Waals surface area contributed by atoms with Crippen molar-refractivity contribution >= 4 is 11.8 Å². The van der Waals surface area contributed by atoms with E-state index in [0.29, 0.717) is 5.75 Å². The molecule has 6 heteroatoms. The van der Waals surface area contributed by atoms with Crippen LogP contribution in [-0.2, 0) is 22.4 Å². The Balaban J connectivity index is 1.61. The molecule has 1 aliphatic heterocycles. The second-order valence-corrected chi connectivity index (χ2v) is 6.22. The van der Waals surface area contributed by atoms with E-state index in [1.807, 2.05) is 18.2 Å². The van der Waals surface area contributed by atoms with Crippen LogP contribution < -0.4 is 10.5 Å². The molecule has 3 rings (SSSR count). The van der Waals surface area contributed by atoms with Gasteiger partial charge in [-0.25, -0.2) is 4.39 Å². The lowest BCUT2D eigenvalue weighted by Crippen LogP contribution is -2.45. The number of carbonyl (C=O) groups excluding carboxylic acids is 2. The number of aryl methyl sites for hydroxylation is 2. The molecule has 1 fully saturated rings. The number of nitrogens with zero attached hydrogens (tertiary/aromatic N) is 1. The number of hydrogen-bond donors (Lipinski definition) is 1. The second-order valence-electron chi connectivity index (χ2n) is 6.22. The van der Waals surface area contributed by atoms with Crippen LogP contribution in [0.1, 0.15) is 30.4 Å². The van der Waals surface area contributed by atoms with Crippen LogP contribution in [0, 0.1) is 0 Å². The summed E-state index contributed by atoms with van der Waals surface area (Å²) >= 11 is 0. The number of carbonyl (C=O) groups is 2. The fraction of sp³-hybridized carbons (Fsp3) is 0.529. The van der Waals surface area contributed by atoms with Crippen molar-refractivity contribution in [2.45, 2.75) is 44.3 Å². The van der Waals surface area contributed by atoms with E-state index in [-0.39, 0.29) is 19.6 Å². The average molecular weight is 320 g/mol. The maximum Gasteiger partial charge on any atom is 0.261 e. The molecule has 0 aromatic heterocycles. The van der Waals surface area contributed by atoms with Gasteiger partial charge in [-0.15, -0.1) is 0 Å². The molecule has 0 unspecified atom stereocenters. The number of alkyl halides is 1. The Morgan fingerprint density at radius 1 is 1.26 bits per heavy atom. The summed E-state index contributed by atoms with van der Waals surface area (Å²) in [5, 5.41) is 0. The van der Waals surface area contributed by atoms with Crippen LogP contribution in [0.25, 0.3) is 0 Å². The van der Waals surface area contributed by atoms with Crippen molar-refractivity contribution in [2.24, 2.45) is 5.73 Å². The molecule has 2 atom stereocenters. The molecule has 1 aliphatic carbocycles. The number of likely N-dealkylation sites (tertiary alicyclic amines) is 1. The first kappa shape index (κ1) is 15.8. The van der Waals surface area contributed by atoms with E-state index in [4.69, 9.17) is 10.5 Å². The molecule has 0 saturated carbocycles. The van der Waals surface area contributed by atoms with Gasteiger partial charge in [0.2, 0.25) is 5.91 Å². The molecule has 1 aromatic rings. The fourth-order valence-corrected chi connectivity index (χ4v) is 3.36. The molecule has 0 bridgehead atoms. The van der Waals surface area contributed by atoms with Crippen LogP contribution in [0.3, 0.4) is 0 Å². The van der Waals surface area contributed by atoms with Gasteiger partial charge in [-0.3, -0.25) is 9.59 Å². The predicted molar refractivity (Wildman–Crippen MR) is 82.8 cm³/mol. The van der Waals surface area contributed by atoms with E-state index in [1.165, 1.54) is 28.9 Å². The fourth-order valence-electron chi connectivity index (χ4n) is 3.36. The van der Waals surface area contributed by atoms with Gasteiger partial charge in [0, 0.05) is 6.42 Å². The molecular formula is C17H21FN2O3. The van der Waals surface area contributed by atoms with Gasteiger partial charge in [-0.05, 0) is 48.9 Å². The maximum atomic E-state index is 13.5. The number of fused-ring (bicyclic) bond motifs is 1. The Morgan fingerprint density at radius 3 is 2.74 bits per heavy atom. The lowest BCUT2D eigenvalue weighted by atomic mass is 9.92. The zero-order valence-electron chi connectivity index (χ0n) is 13.0. The summed E-state index contributed by atoms with van der Waals surface area (Å²) in [7, 11) is 0. The van der Waals surface area contributed by atoms with Crippen molar-refractivity contribution < 1.29 is 18.7 Å². The minimum absolute atomic E-state index is 0.0279. The van der Waals surface area contributed by atoms with E-state index in [9.17, 15) is 14.0 Å². The summed E-state index contributed by atoms with van der Waals surface area (Å²) in [5.41, 5.74) is 7.83. The Hall–Kier alpha value is -2.11. The minimum atomic E-state index is -1.21. The predicted octanol–water partition coefficient (Wildman–Crippen LogP) is 1.37. The number of hydrogen-bond acceptors (Lipinski definition) is 3. The zero-order valence-corrected chi connectivity index (χ0v) is 13.0. The number of halogens is 1. The molecule has 1 aromatic carbocycles. The smallest absolute Gasteiger partial charge is 0.261 e. The van der Waals surface area contributed by atoms with Crippen molar-refractivity contribution in [3.05, 3.63) is 29.3 Å². The number of amides is 2. The first-order valence-corrected chi connectivity index (χ1v) is 8.02. The summed E-state index contributed by atoms with van der Waals surface area (Å²) in [6, 6.07) is 4.98. The Labute approximate surface area is 134 Å². The molecule has 5 nitrogen and oxygen atoms in total. The highest BCUT2D eigenvalue weighted by Gasteiger charge is 2.38. The van der Waals surface area contributed by atoms with E-state index in [0.717, 1.165) is 12.8 Å². The SMILES string of the molecule is NC(=O)[C@@H]1C[C@@H](F)CN1C(=O)COc1ccc2c(c1)CCCC2. The van der Waals surface area contributed by atoms with E-state index in [1.54, 1.807) is 0 Å². The first-order valence-electron chi connectivity index (χ1n) is 8.02. The minimum Gasteiger partial charge on any atom is -0.484 e. The van der Waals surface area contributed by atoms with Crippen molar-refractivity contribution in [3.8, 4) is 5.75 Å². The van der Waals surface area contributed by atoms with Crippen molar-refractivity contribution in [1.29, 1.82) is 0 Å². The van der Waals surface area contributed by atoms with E-state index in [2.05, 4.69) is 0 Å². The lowest BCUT2D eigenvalue weighted by Gasteiger charge is -2.22. The number of primary amides is 1. The van der Waals surface area contributed by atoms with Gasteiger partial charge >= 0.3 is 0 Å². The van der Waals surface area contributed by atoms with Crippen LogP contribution in [0.4, 0.5) is 4.39 Å². The van der Waals surface area contributed by atoms with Crippen molar-refractivity contribution in [1.82, 2.24) is 4.90 Å². The van der Waals surface area contributed by atoms with Crippen molar-refractivity contribution in [2.75, 3.05) is 13.2 Å². The second kappa shape index (κ2) is 6.56. The molecule has 23 heavy (non-hydrogen) atoms. The van der Waals surface area contributed by atoms with Crippen LogP contribution >= 0.6 is 0 Å². The number of nitrogens with two attached hydrogens (primary N) is 1. The van der Waals surface area contributed by atoms with Crippen LogP contribution in [-0.4, -0.2) is 42.1 Å². The maximum absolute atomic E-state index is 13.5. The topological polar surface area (TPSA) is 72.6 Å². The quantitative estimate of drug-likeness (QED) is 0.910. The number of benzene rings is 1. The third-order valence-corrected chi connectivity index (χ3v) is 4.58. The number of ether oxygens (including phenoxy) is 1. The third-order valence-electron chi connectivity index (χ3n) is 4.58. The Kier molecular flexibility index (Phi) is 4.50. The van der Waals surface area contributed by atoms with Crippen LogP contribution in [0.5, 0.6) is 5.75 Å². The van der Waals surface area contributed by atoms with Gasteiger partial charge in [-0.2, -0.15) is 0 Å². The molecule has 0 spiro atoms. The summed E-state index contributed by atoms with van der Waals surface area (Å²) in [6.07, 6.45) is 3.25. The van der Waals surface area contributed by atoms with Crippen molar-refractivity contribution in [3.63, 3.8) is 0 Å². The van der Waals surface area contributed by atoms with E-state index < -0.39 is 24.0 Å². The number of rotatable bonds is 4. The van der Waals surface area contributed by atoms with Crippen LogP contribution in [0.15, 0.2) is 18.2 Å². The highest BCUT2D eigenvalue weighted by molar-refractivity contribution is 5.88. The molecule has 1 saturated heterocycles. The van der Waals surface area contributed by atoms with Gasteiger partial charge < -0.3 is 15.4 Å². The molecule has 2 aliphatic rings. The molecule has 1 heterocycles. The molecule has 124 valence electrons. The van der Waals surface area contributed by atoms with Gasteiger partial charge in [0.25, 0.3) is 5.91 Å².